The third kappa shape index (κ3) is 2.37. The predicted octanol–water partition coefficient (Wildman–Crippen LogP) is 1.82. The molecule has 0 aromatic heterocycles. The largest absolute Gasteiger partial charge is 0.295 e. The number of amides is 1. The van der Waals surface area contributed by atoms with E-state index in [0.29, 0.717) is 11.1 Å². The number of nitrogens with zero attached hydrogens (tertiary/aromatic N) is 1. The molecule has 0 spiro atoms. The van der Waals surface area contributed by atoms with E-state index in [9.17, 15) is 18.0 Å². The van der Waals surface area contributed by atoms with E-state index >= 15 is 0 Å². The first-order chi connectivity index (χ1) is 10.3. The highest BCUT2D eigenvalue weighted by Gasteiger charge is 2.45. The van der Waals surface area contributed by atoms with Gasteiger partial charge in [0, 0.05) is 11.1 Å². The zero-order chi connectivity index (χ0) is 16.1. The summed E-state index contributed by atoms with van der Waals surface area (Å²) in [6, 6.07) is 6.35. The van der Waals surface area contributed by atoms with Crippen LogP contribution in [0.25, 0.3) is 0 Å². The number of Topliss-reactive ketones (excluding diaryl/α,β-unsaturated/α-hetero) is 1. The number of carbonyl (C=O) groups is 2. The Kier molecular flexibility index (Phi) is 3.44. The average Bonchev–Trinajstić information content (AvgIpc) is 3.22. The number of sulfonamides is 1. The molecule has 1 aromatic rings. The SMILES string of the molecule is CC(=O)C1=C(C2CC2)C(=O)N(S(=O)(=O)c2ccc(C)cc2)C1. The van der Waals surface area contributed by atoms with Crippen LogP contribution < -0.4 is 0 Å². The van der Waals surface area contributed by atoms with Crippen LogP contribution in [0.15, 0.2) is 40.3 Å². The first-order valence-corrected chi connectivity index (χ1v) is 8.64. The van der Waals surface area contributed by atoms with Crippen LogP contribution >= 0.6 is 0 Å². The van der Waals surface area contributed by atoms with Crippen molar-refractivity contribution >= 4 is 21.7 Å². The Labute approximate surface area is 129 Å². The molecule has 1 amide bonds. The Morgan fingerprint density at radius 3 is 2.27 bits per heavy atom. The summed E-state index contributed by atoms with van der Waals surface area (Å²) < 4.78 is 26.2. The average molecular weight is 319 g/mol. The lowest BCUT2D eigenvalue weighted by atomic mass is 10.0. The van der Waals surface area contributed by atoms with Crippen molar-refractivity contribution in [3.8, 4) is 0 Å². The molecule has 0 radical (unpaired) electrons. The number of benzene rings is 1. The molecule has 1 fully saturated rings. The molecule has 1 aliphatic carbocycles. The monoisotopic (exact) mass is 319 g/mol. The van der Waals surface area contributed by atoms with E-state index in [1.807, 2.05) is 6.92 Å². The Morgan fingerprint density at radius 1 is 1.18 bits per heavy atom. The Morgan fingerprint density at radius 2 is 1.77 bits per heavy atom. The predicted molar refractivity (Wildman–Crippen MR) is 80.5 cm³/mol. The van der Waals surface area contributed by atoms with Crippen LogP contribution in [0.4, 0.5) is 0 Å². The summed E-state index contributed by atoms with van der Waals surface area (Å²) in [4.78, 5) is 24.4. The fourth-order valence-corrected chi connectivity index (χ4v) is 4.04. The highest BCUT2D eigenvalue weighted by atomic mass is 32.2. The molecular formula is C16H17NO4S. The van der Waals surface area contributed by atoms with Gasteiger partial charge in [-0.3, -0.25) is 9.59 Å². The Bertz CT molecular complexity index is 786. The van der Waals surface area contributed by atoms with Crippen LogP contribution in [-0.2, 0) is 19.6 Å². The lowest BCUT2D eigenvalue weighted by Gasteiger charge is -2.17. The zero-order valence-electron chi connectivity index (χ0n) is 12.5. The molecule has 3 rings (SSSR count). The van der Waals surface area contributed by atoms with Gasteiger partial charge in [-0.25, -0.2) is 12.7 Å². The summed E-state index contributed by atoms with van der Waals surface area (Å²) in [5.41, 5.74) is 1.69. The summed E-state index contributed by atoms with van der Waals surface area (Å²) in [6.45, 7) is 3.10. The van der Waals surface area contributed by atoms with Crippen LogP contribution in [0.2, 0.25) is 0 Å². The third-order valence-corrected chi connectivity index (χ3v) is 5.85. The van der Waals surface area contributed by atoms with Gasteiger partial charge in [-0.05, 0) is 44.7 Å². The van der Waals surface area contributed by atoms with E-state index in [1.54, 1.807) is 12.1 Å². The number of hydrogen-bond acceptors (Lipinski definition) is 4. The molecule has 1 aromatic carbocycles. The van der Waals surface area contributed by atoms with E-state index in [0.717, 1.165) is 22.7 Å². The van der Waals surface area contributed by atoms with Crippen LogP contribution in [0.5, 0.6) is 0 Å². The van der Waals surface area contributed by atoms with Crippen molar-refractivity contribution in [2.45, 2.75) is 31.6 Å². The molecule has 22 heavy (non-hydrogen) atoms. The smallest absolute Gasteiger partial charge is 0.267 e. The second kappa shape index (κ2) is 5.05. The van der Waals surface area contributed by atoms with E-state index in [1.165, 1.54) is 19.1 Å². The fourth-order valence-electron chi connectivity index (χ4n) is 2.69. The second-order valence-corrected chi connectivity index (χ2v) is 7.71. The van der Waals surface area contributed by atoms with Crippen LogP contribution in [0, 0.1) is 12.8 Å². The number of aryl methyl sites for hydroxylation is 1. The molecule has 6 heteroatoms. The number of carbonyl (C=O) groups excluding carboxylic acids is 2. The first kappa shape index (κ1) is 15.0. The van der Waals surface area contributed by atoms with Gasteiger partial charge in [-0.1, -0.05) is 17.7 Å². The standard InChI is InChI=1S/C16H17NO4S/c1-10-3-7-13(8-4-10)22(20,21)17-9-14(11(2)18)15(16(17)19)12-5-6-12/h3-4,7-8,12H,5-6,9H2,1-2H3. The van der Waals surface area contributed by atoms with Crippen molar-refractivity contribution in [3.63, 3.8) is 0 Å². The maximum absolute atomic E-state index is 12.7. The molecule has 0 bridgehead atoms. The molecule has 1 aliphatic heterocycles. The zero-order valence-corrected chi connectivity index (χ0v) is 13.3. The lowest BCUT2D eigenvalue weighted by Crippen LogP contribution is -2.34. The minimum absolute atomic E-state index is 0.0459. The highest BCUT2D eigenvalue weighted by molar-refractivity contribution is 7.89. The maximum atomic E-state index is 12.7. The van der Waals surface area contributed by atoms with Gasteiger partial charge in [0.05, 0.1) is 11.4 Å². The van der Waals surface area contributed by atoms with Crippen molar-refractivity contribution in [2.75, 3.05) is 6.54 Å². The van der Waals surface area contributed by atoms with E-state index < -0.39 is 15.9 Å². The van der Waals surface area contributed by atoms with Crippen molar-refractivity contribution in [2.24, 2.45) is 5.92 Å². The third-order valence-electron chi connectivity index (χ3n) is 4.10. The molecule has 0 saturated heterocycles. The summed E-state index contributed by atoms with van der Waals surface area (Å²) in [7, 11) is -3.92. The van der Waals surface area contributed by atoms with Gasteiger partial charge in [0.25, 0.3) is 15.9 Å². The molecular weight excluding hydrogens is 302 g/mol. The van der Waals surface area contributed by atoms with Gasteiger partial charge < -0.3 is 0 Å². The van der Waals surface area contributed by atoms with Gasteiger partial charge >= 0.3 is 0 Å². The van der Waals surface area contributed by atoms with Gasteiger partial charge in [0.2, 0.25) is 0 Å². The Hall–Kier alpha value is -1.95. The lowest BCUT2D eigenvalue weighted by molar-refractivity contribution is -0.121. The van der Waals surface area contributed by atoms with Crippen molar-refractivity contribution < 1.29 is 18.0 Å². The van der Waals surface area contributed by atoms with Crippen molar-refractivity contribution in [1.82, 2.24) is 4.31 Å². The van der Waals surface area contributed by atoms with Gasteiger partial charge in [-0.15, -0.1) is 0 Å². The number of rotatable bonds is 4. The fraction of sp³-hybridized carbons (Fsp3) is 0.375. The van der Waals surface area contributed by atoms with E-state index in [-0.39, 0.29) is 23.1 Å². The summed E-state index contributed by atoms with van der Waals surface area (Å²) in [5, 5.41) is 0. The van der Waals surface area contributed by atoms with Crippen molar-refractivity contribution in [1.29, 1.82) is 0 Å². The van der Waals surface area contributed by atoms with Gasteiger partial charge in [-0.2, -0.15) is 0 Å². The first-order valence-electron chi connectivity index (χ1n) is 7.20. The molecule has 0 unspecified atom stereocenters. The molecule has 0 atom stereocenters. The number of ketones is 1. The normalized spacial score (nSPS) is 19.0. The minimum atomic E-state index is -3.92. The second-order valence-electron chi connectivity index (χ2n) is 5.85. The van der Waals surface area contributed by atoms with Crippen LogP contribution in [0.1, 0.15) is 25.3 Å². The summed E-state index contributed by atoms with van der Waals surface area (Å²) >= 11 is 0. The molecule has 1 heterocycles. The minimum Gasteiger partial charge on any atom is -0.295 e. The highest BCUT2D eigenvalue weighted by Crippen LogP contribution is 2.42. The topological polar surface area (TPSA) is 71.5 Å². The van der Waals surface area contributed by atoms with Gasteiger partial charge in [0.1, 0.15) is 0 Å². The molecule has 5 nitrogen and oxygen atoms in total. The van der Waals surface area contributed by atoms with E-state index in [2.05, 4.69) is 0 Å². The van der Waals surface area contributed by atoms with Crippen LogP contribution in [-0.4, -0.2) is 31.0 Å². The molecule has 0 N–H and O–H groups in total. The quantitative estimate of drug-likeness (QED) is 0.849. The molecule has 1 saturated carbocycles. The van der Waals surface area contributed by atoms with E-state index in [4.69, 9.17) is 0 Å². The summed E-state index contributed by atoms with van der Waals surface area (Å²) in [5.74, 6) is -0.713. The Balaban J connectivity index is 1.98. The van der Waals surface area contributed by atoms with Crippen molar-refractivity contribution in [3.05, 3.63) is 41.0 Å². The van der Waals surface area contributed by atoms with Crippen LogP contribution in [0.3, 0.4) is 0 Å². The number of hydrogen-bond donors (Lipinski definition) is 0. The molecule has 116 valence electrons. The van der Waals surface area contributed by atoms with Gasteiger partial charge in [0.15, 0.2) is 5.78 Å². The maximum Gasteiger partial charge on any atom is 0.267 e. The summed E-state index contributed by atoms with van der Waals surface area (Å²) in [6.07, 6.45) is 1.69. The molecule has 2 aliphatic rings.